The van der Waals surface area contributed by atoms with Gasteiger partial charge in [0, 0.05) is 42.2 Å². The molecule has 1 aromatic carbocycles. The average molecular weight is 463 g/mol. The fourth-order valence-electron chi connectivity index (χ4n) is 3.90. The van der Waals surface area contributed by atoms with Gasteiger partial charge in [-0.1, -0.05) is 6.58 Å². The average Bonchev–Trinajstić information content (AvgIpc) is 3.13. The van der Waals surface area contributed by atoms with Crippen LogP contribution < -0.4 is 0 Å². The number of benzene rings is 1. The van der Waals surface area contributed by atoms with E-state index in [-0.39, 0.29) is 5.82 Å². The molecular formula is C26H28F2N6. The summed E-state index contributed by atoms with van der Waals surface area (Å²) < 4.78 is 28.6. The van der Waals surface area contributed by atoms with Crippen LogP contribution in [0.15, 0.2) is 71.1 Å². The van der Waals surface area contributed by atoms with Crippen LogP contribution in [0.1, 0.15) is 33.6 Å². The first-order chi connectivity index (χ1) is 16.3. The molecule has 0 saturated heterocycles. The number of aliphatic imine (C=N–C) groups is 1. The van der Waals surface area contributed by atoms with Crippen molar-refractivity contribution in [3.8, 4) is 22.9 Å². The highest BCUT2D eigenvalue weighted by molar-refractivity contribution is 5.80. The van der Waals surface area contributed by atoms with E-state index in [1.807, 2.05) is 13.8 Å². The van der Waals surface area contributed by atoms with Crippen molar-refractivity contribution in [1.29, 1.82) is 0 Å². The van der Waals surface area contributed by atoms with Gasteiger partial charge in [-0.2, -0.15) is 0 Å². The van der Waals surface area contributed by atoms with Crippen LogP contribution in [0.4, 0.5) is 8.78 Å². The van der Waals surface area contributed by atoms with Crippen LogP contribution in [-0.2, 0) is 6.54 Å². The minimum absolute atomic E-state index is 0.326. The maximum absolute atomic E-state index is 13.5. The van der Waals surface area contributed by atoms with Gasteiger partial charge in [-0.25, -0.2) is 23.4 Å². The molecule has 34 heavy (non-hydrogen) atoms. The molecule has 1 aliphatic heterocycles. The normalized spacial score (nSPS) is 14.2. The maximum atomic E-state index is 13.5. The van der Waals surface area contributed by atoms with Gasteiger partial charge in [0.05, 0.1) is 12.7 Å². The number of nitrogens with zero attached hydrogens (tertiary/aromatic N) is 6. The van der Waals surface area contributed by atoms with Gasteiger partial charge in [-0.3, -0.25) is 4.99 Å². The third-order valence-corrected chi connectivity index (χ3v) is 5.74. The number of allylic oxidation sites excluding steroid dienone is 1. The van der Waals surface area contributed by atoms with Crippen LogP contribution in [0.3, 0.4) is 0 Å². The van der Waals surface area contributed by atoms with E-state index in [9.17, 15) is 8.78 Å². The zero-order valence-electron chi connectivity index (χ0n) is 19.7. The Morgan fingerprint density at radius 2 is 1.74 bits per heavy atom. The Kier molecular flexibility index (Phi) is 6.95. The molecule has 0 atom stereocenters. The number of aromatic nitrogens is 4. The number of pyridine rings is 1. The van der Waals surface area contributed by atoms with Gasteiger partial charge in [-0.05, 0) is 69.2 Å². The van der Waals surface area contributed by atoms with Gasteiger partial charge in [0.1, 0.15) is 17.3 Å². The molecule has 4 rings (SSSR count). The number of halogens is 2. The van der Waals surface area contributed by atoms with Crippen LogP contribution in [0.5, 0.6) is 0 Å². The van der Waals surface area contributed by atoms with Crippen molar-refractivity contribution in [2.75, 3.05) is 13.1 Å². The summed E-state index contributed by atoms with van der Waals surface area (Å²) in [7, 11) is 0. The van der Waals surface area contributed by atoms with Crippen LogP contribution in [0.25, 0.3) is 22.9 Å². The van der Waals surface area contributed by atoms with Gasteiger partial charge in [-0.15, -0.1) is 5.10 Å². The highest BCUT2D eigenvalue weighted by Gasteiger charge is 2.19. The summed E-state index contributed by atoms with van der Waals surface area (Å²) >= 11 is 0. The second-order valence-corrected chi connectivity index (χ2v) is 8.62. The molecule has 0 radical (unpaired) electrons. The Morgan fingerprint density at radius 3 is 2.41 bits per heavy atom. The molecule has 176 valence electrons. The second-order valence-electron chi connectivity index (χ2n) is 8.62. The molecule has 0 N–H and O–H groups in total. The molecule has 0 unspecified atom stereocenters. The third-order valence-electron chi connectivity index (χ3n) is 5.74. The number of hydrogen-bond acceptors (Lipinski definition) is 5. The van der Waals surface area contributed by atoms with E-state index in [0.717, 1.165) is 54.8 Å². The van der Waals surface area contributed by atoms with E-state index in [1.165, 1.54) is 23.8 Å². The van der Waals surface area contributed by atoms with Crippen molar-refractivity contribution in [2.24, 2.45) is 4.99 Å². The number of hydrogen-bond donors (Lipinski definition) is 0. The summed E-state index contributed by atoms with van der Waals surface area (Å²) in [5, 5.41) is 4.64. The molecule has 6 nitrogen and oxygen atoms in total. The van der Waals surface area contributed by atoms with Crippen LogP contribution >= 0.6 is 0 Å². The smallest absolute Gasteiger partial charge is 0.200 e. The minimum atomic E-state index is -0.428. The zero-order chi connectivity index (χ0) is 24.2. The first kappa shape index (κ1) is 23.5. The highest BCUT2D eigenvalue weighted by Crippen LogP contribution is 2.25. The van der Waals surface area contributed by atoms with Crippen molar-refractivity contribution in [3.05, 3.63) is 77.8 Å². The second kappa shape index (κ2) is 10.1. The molecule has 8 heteroatoms. The monoisotopic (exact) mass is 462 g/mol. The largest absolute Gasteiger partial charge is 0.373 e. The first-order valence-electron chi connectivity index (χ1n) is 11.3. The third kappa shape index (κ3) is 5.44. The summed E-state index contributed by atoms with van der Waals surface area (Å²) in [6.45, 7) is 12.6. The lowest BCUT2D eigenvalue weighted by Gasteiger charge is -2.25. The molecule has 3 aromatic rings. The molecule has 0 amide bonds. The van der Waals surface area contributed by atoms with Crippen molar-refractivity contribution in [1.82, 2.24) is 24.6 Å². The summed E-state index contributed by atoms with van der Waals surface area (Å²) in [6.07, 6.45) is 2.90. The summed E-state index contributed by atoms with van der Waals surface area (Å²) in [4.78, 5) is 15.7. The lowest BCUT2D eigenvalue weighted by Crippen LogP contribution is -2.27. The van der Waals surface area contributed by atoms with Gasteiger partial charge in [0.25, 0.3) is 0 Å². The molecule has 0 bridgehead atoms. The summed E-state index contributed by atoms with van der Waals surface area (Å²) in [5.74, 6) is 0.184. The van der Waals surface area contributed by atoms with Crippen LogP contribution in [0, 0.1) is 11.6 Å². The lowest BCUT2D eigenvalue weighted by molar-refractivity contribution is 0.338. The van der Waals surface area contributed by atoms with E-state index < -0.39 is 5.82 Å². The molecule has 0 spiro atoms. The van der Waals surface area contributed by atoms with E-state index >= 15 is 0 Å². The SMILES string of the molecule is C=C(Cn1nc(-c2ccc(F)cn2)nc1-c1ccc(F)cc1)N1CCC(C)=C(N=C(C)C)CC1. The van der Waals surface area contributed by atoms with E-state index in [0.29, 0.717) is 23.9 Å². The first-order valence-corrected chi connectivity index (χ1v) is 11.3. The molecule has 2 aromatic heterocycles. The van der Waals surface area contributed by atoms with Crippen molar-refractivity contribution in [3.63, 3.8) is 0 Å². The fraction of sp³-hybridized carbons (Fsp3) is 0.308. The van der Waals surface area contributed by atoms with Gasteiger partial charge >= 0.3 is 0 Å². The minimum Gasteiger partial charge on any atom is -0.373 e. The summed E-state index contributed by atoms with van der Waals surface area (Å²) in [5.41, 5.74) is 5.58. The van der Waals surface area contributed by atoms with Crippen LogP contribution in [0.2, 0.25) is 0 Å². The Hall–Kier alpha value is -3.68. The zero-order valence-corrected chi connectivity index (χ0v) is 19.7. The van der Waals surface area contributed by atoms with Crippen molar-refractivity contribution >= 4 is 5.71 Å². The maximum Gasteiger partial charge on any atom is 0.200 e. The van der Waals surface area contributed by atoms with Gasteiger partial charge in [0.2, 0.25) is 0 Å². The summed E-state index contributed by atoms with van der Waals surface area (Å²) in [6, 6.07) is 8.97. The van der Waals surface area contributed by atoms with Crippen molar-refractivity contribution in [2.45, 2.75) is 40.2 Å². The number of rotatable bonds is 6. The molecule has 0 saturated carbocycles. The quantitative estimate of drug-likeness (QED) is 0.444. The van der Waals surface area contributed by atoms with Gasteiger partial charge in [0.15, 0.2) is 11.6 Å². The van der Waals surface area contributed by atoms with Crippen LogP contribution in [-0.4, -0.2) is 43.4 Å². The molecule has 0 aliphatic carbocycles. The Bertz CT molecular complexity index is 1240. The van der Waals surface area contributed by atoms with Crippen molar-refractivity contribution < 1.29 is 8.78 Å². The van der Waals surface area contributed by atoms with E-state index in [1.54, 1.807) is 22.9 Å². The predicted octanol–water partition coefficient (Wildman–Crippen LogP) is 5.65. The van der Waals surface area contributed by atoms with E-state index in [4.69, 9.17) is 4.99 Å². The standard InChI is InChI=1S/C26H28F2N6/c1-17(2)30-23-12-14-33(13-11-18(23)3)19(4)16-34-26(20-5-7-21(27)8-6-20)31-25(32-34)24-10-9-22(28)15-29-24/h5-10,15H,4,11-14,16H2,1-3H3. The molecular weight excluding hydrogens is 434 g/mol. The molecule has 3 heterocycles. The van der Waals surface area contributed by atoms with E-state index in [2.05, 4.69) is 33.5 Å². The van der Waals surface area contributed by atoms with Gasteiger partial charge < -0.3 is 4.90 Å². The molecule has 0 fully saturated rings. The molecule has 1 aliphatic rings. The Morgan fingerprint density at radius 1 is 1.03 bits per heavy atom. The predicted molar refractivity (Wildman–Crippen MR) is 130 cm³/mol. The fourth-order valence-corrected chi connectivity index (χ4v) is 3.90. The Labute approximate surface area is 198 Å². The lowest BCUT2D eigenvalue weighted by atomic mass is 10.1. The topological polar surface area (TPSA) is 59.2 Å². The highest BCUT2D eigenvalue weighted by atomic mass is 19.1. The Balaban J connectivity index is 1.60.